The van der Waals surface area contributed by atoms with Gasteiger partial charge in [0.2, 0.25) is 5.91 Å². The van der Waals surface area contributed by atoms with E-state index in [1.807, 2.05) is 0 Å². The molecule has 6 heteroatoms. The highest BCUT2D eigenvalue weighted by molar-refractivity contribution is 7.80. The molecule has 0 aliphatic carbocycles. The van der Waals surface area contributed by atoms with Crippen LogP contribution in [0.1, 0.15) is 11.3 Å². The number of carbonyl (C=O) groups excluding carboxylic acids is 1. The molecular formula is C11H15N3O2S. The van der Waals surface area contributed by atoms with Crippen LogP contribution >= 0.6 is 12.2 Å². The largest absolute Gasteiger partial charge is 0.389 e. The number of pyridine rings is 1. The van der Waals surface area contributed by atoms with Crippen molar-refractivity contribution in [3.63, 3.8) is 0 Å². The fraction of sp³-hybridized carbons (Fsp3) is 0.364. The van der Waals surface area contributed by atoms with E-state index in [2.05, 4.69) is 0 Å². The molecule has 0 radical (unpaired) electrons. The molecule has 5 nitrogen and oxygen atoms in total. The predicted octanol–water partition coefficient (Wildman–Crippen LogP) is -0.121. The second kappa shape index (κ2) is 5.09. The van der Waals surface area contributed by atoms with E-state index in [-0.39, 0.29) is 28.6 Å². The number of hydrogen-bond donors (Lipinski definition) is 1. The van der Waals surface area contributed by atoms with Crippen LogP contribution in [0.15, 0.2) is 16.9 Å². The Labute approximate surface area is 105 Å². The maximum absolute atomic E-state index is 12.0. The number of aromatic nitrogens is 1. The van der Waals surface area contributed by atoms with E-state index in [0.717, 1.165) is 0 Å². The number of aryl methyl sites for hydroxylation is 1. The third kappa shape index (κ3) is 2.91. The molecule has 0 aromatic carbocycles. The molecule has 0 saturated heterocycles. The number of thiocarbonyl (C=S) groups is 1. The highest BCUT2D eigenvalue weighted by atomic mass is 32.1. The molecule has 0 fully saturated rings. The van der Waals surface area contributed by atoms with Crippen LogP contribution in [0, 0.1) is 6.92 Å². The van der Waals surface area contributed by atoms with Gasteiger partial charge in [0, 0.05) is 19.8 Å². The lowest BCUT2D eigenvalue weighted by Crippen LogP contribution is -2.35. The summed E-state index contributed by atoms with van der Waals surface area (Å²) in [6.07, 6.45) is 0. The van der Waals surface area contributed by atoms with E-state index >= 15 is 0 Å². The molecule has 0 unspecified atom stereocenters. The molecule has 0 aliphatic heterocycles. The van der Waals surface area contributed by atoms with Crippen molar-refractivity contribution in [1.82, 2.24) is 9.47 Å². The monoisotopic (exact) mass is 253 g/mol. The molecule has 2 N–H and O–H groups in total. The van der Waals surface area contributed by atoms with Gasteiger partial charge in [0.15, 0.2) is 0 Å². The molecule has 92 valence electrons. The van der Waals surface area contributed by atoms with Gasteiger partial charge in [0.05, 0.1) is 5.56 Å². The van der Waals surface area contributed by atoms with E-state index in [1.165, 1.54) is 9.47 Å². The standard InChI is InChI=1S/C11H15N3O2S/c1-7-4-5-8(10(12)17)11(16)14(7)6-9(15)13(2)3/h4-5H,6H2,1-3H3,(H2,12,17). The molecule has 1 heterocycles. The lowest BCUT2D eigenvalue weighted by atomic mass is 10.2. The van der Waals surface area contributed by atoms with Crippen molar-refractivity contribution in [2.45, 2.75) is 13.5 Å². The van der Waals surface area contributed by atoms with Crippen LogP contribution in [-0.4, -0.2) is 34.5 Å². The second-order valence-electron chi connectivity index (χ2n) is 3.93. The summed E-state index contributed by atoms with van der Waals surface area (Å²) in [5, 5.41) is 0. The minimum Gasteiger partial charge on any atom is -0.389 e. The van der Waals surface area contributed by atoms with E-state index in [0.29, 0.717) is 5.69 Å². The smallest absolute Gasteiger partial charge is 0.261 e. The number of hydrogen-bond acceptors (Lipinski definition) is 3. The first-order valence-corrected chi connectivity index (χ1v) is 5.46. The zero-order chi connectivity index (χ0) is 13.2. The summed E-state index contributed by atoms with van der Waals surface area (Å²) in [4.78, 5) is 25.1. The van der Waals surface area contributed by atoms with Gasteiger partial charge >= 0.3 is 0 Å². The molecule has 1 aromatic heterocycles. The predicted molar refractivity (Wildman–Crippen MR) is 70.0 cm³/mol. The number of nitrogens with zero attached hydrogens (tertiary/aromatic N) is 2. The van der Waals surface area contributed by atoms with Crippen molar-refractivity contribution in [3.05, 3.63) is 33.7 Å². The van der Waals surface area contributed by atoms with Crippen LogP contribution in [0.25, 0.3) is 0 Å². The maximum Gasteiger partial charge on any atom is 0.261 e. The molecule has 0 saturated carbocycles. The lowest BCUT2D eigenvalue weighted by molar-refractivity contribution is -0.129. The summed E-state index contributed by atoms with van der Waals surface area (Å²) in [5.74, 6) is -0.157. The number of likely N-dealkylation sites (N-methyl/N-ethyl adjacent to an activating group) is 1. The molecule has 1 amide bonds. The summed E-state index contributed by atoms with van der Waals surface area (Å²) in [7, 11) is 3.28. The van der Waals surface area contributed by atoms with Gasteiger partial charge in [-0.3, -0.25) is 9.59 Å². The van der Waals surface area contributed by atoms with Crippen molar-refractivity contribution in [3.8, 4) is 0 Å². The van der Waals surface area contributed by atoms with Gasteiger partial charge in [-0.1, -0.05) is 12.2 Å². The Bertz CT molecular complexity index is 520. The van der Waals surface area contributed by atoms with Crippen molar-refractivity contribution in [1.29, 1.82) is 0 Å². The third-order valence-corrected chi connectivity index (χ3v) is 2.67. The average molecular weight is 253 g/mol. The van der Waals surface area contributed by atoms with Crippen LogP contribution in [0.4, 0.5) is 0 Å². The lowest BCUT2D eigenvalue weighted by Gasteiger charge is -2.14. The first kappa shape index (κ1) is 13.4. The third-order valence-electron chi connectivity index (χ3n) is 2.45. The van der Waals surface area contributed by atoms with Crippen molar-refractivity contribution < 1.29 is 4.79 Å². The number of amides is 1. The van der Waals surface area contributed by atoms with Crippen LogP contribution in [-0.2, 0) is 11.3 Å². The summed E-state index contributed by atoms with van der Waals surface area (Å²) in [6, 6.07) is 3.30. The fourth-order valence-corrected chi connectivity index (χ4v) is 1.49. The van der Waals surface area contributed by atoms with Gasteiger partial charge in [0.1, 0.15) is 11.5 Å². The van der Waals surface area contributed by atoms with Crippen LogP contribution in [0.5, 0.6) is 0 Å². The number of rotatable bonds is 3. The second-order valence-corrected chi connectivity index (χ2v) is 4.37. The average Bonchev–Trinajstić information content (AvgIpc) is 2.22. The Morgan fingerprint density at radius 3 is 2.53 bits per heavy atom. The van der Waals surface area contributed by atoms with E-state index in [1.54, 1.807) is 33.2 Å². The molecular weight excluding hydrogens is 238 g/mol. The molecule has 0 aliphatic rings. The Balaban J connectivity index is 3.24. The van der Waals surface area contributed by atoms with Gasteiger partial charge in [-0.05, 0) is 19.1 Å². The quantitative estimate of drug-likeness (QED) is 0.763. The van der Waals surface area contributed by atoms with Crippen molar-refractivity contribution >= 4 is 23.1 Å². The molecule has 1 aromatic rings. The Hall–Kier alpha value is -1.69. The van der Waals surface area contributed by atoms with Gasteiger partial charge in [-0.2, -0.15) is 0 Å². The normalized spacial score (nSPS) is 10.1. The highest BCUT2D eigenvalue weighted by Gasteiger charge is 2.12. The SMILES string of the molecule is Cc1ccc(C(N)=S)c(=O)n1CC(=O)N(C)C. The first-order chi connectivity index (χ1) is 7.84. The van der Waals surface area contributed by atoms with Crippen LogP contribution in [0.3, 0.4) is 0 Å². The van der Waals surface area contributed by atoms with E-state index in [9.17, 15) is 9.59 Å². The summed E-state index contributed by atoms with van der Waals surface area (Å²) >= 11 is 4.79. The van der Waals surface area contributed by atoms with E-state index < -0.39 is 0 Å². The Morgan fingerprint density at radius 2 is 2.06 bits per heavy atom. The zero-order valence-corrected chi connectivity index (χ0v) is 10.9. The summed E-state index contributed by atoms with van der Waals surface area (Å²) < 4.78 is 1.37. The summed E-state index contributed by atoms with van der Waals surface area (Å²) in [5.41, 5.74) is 6.08. The molecule has 17 heavy (non-hydrogen) atoms. The topological polar surface area (TPSA) is 68.3 Å². The highest BCUT2D eigenvalue weighted by Crippen LogP contribution is 1.99. The van der Waals surface area contributed by atoms with Gasteiger partial charge in [-0.25, -0.2) is 0 Å². The minimum atomic E-state index is -0.326. The van der Waals surface area contributed by atoms with Crippen LogP contribution in [0.2, 0.25) is 0 Å². The number of carbonyl (C=O) groups is 1. The molecule has 1 rings (SSSR count). The minimum absolute atomic E-state index is 0.00583. The van der Waals surface area contributed by atoms with Crippen molar-refractivity contribution in [2.75, 3.05) is 14.1 Å². The zero-order valence-electron chi connectivity index (χ0n) is 10.1. The Morgan fingerprint density at radius 1 is 1.47 bits per heavy atom. The fourth-order valence-electron chi connectivity index (χ4n) is 1.33. The first-order valence-electron chi connectivity index (χ1n) is 5.05. The Kier molecular flexibility index (Phi) is 4.01. The number of nitrogens with two attached hydrogens (primary N) is 1. The van der Waals surface area contributed by atoms with Gasteiger partial charge in [-0.15, -0.1) is 0 Å². The molecule has 0 atom stereocenters. The molecule has 0 spiro atoms. The van der Waals surface area contributed by atoms with Gasteiger partial charge < -0.3 is 15.2 Å². The summed E-state index contributed by atoms with van der Waals surface area (Å²) in [6.45, 7) is 1.75. The molecule has 0 bridgehead atoms. The maximum atomic E-state index is 12.0. The van der Waals surface area contributed by atoms with Crippen LogP contribution < -0.4 is 11.3 Å². The van der Waals surface area contributed by atoms with Crippen molar-refractivity contribution in [2.24, 2.45) is 5.73 Å². The van der Waals surface area contributed by atoms with E-state index in [4.69, 9.17) is 18.0 Å². The van der Waals surface area contributed by atoms with Gasteiger partial charge in [0.25, 0.3) is 5.56 Å².